The van der Waals surface area contributed by atoms with Crippen LogP contribution < -0.4 is 10.2 Å². The summed E-state index contributed by atoms with van der Waals surface area (Å²) < 4.78 is 7.69. The maximum absolute atomic E-state index is 12.5. The Morgan fingerprint density at radius 2 is 2.17 bits per heavy atom. The number of aromatic nitrogens is 2. The number of rotatable bonds is 4. The first-order valence-electron chi connectivity index (χ1n) is 10.2. The summed E-state index contributed by atoms with van der Waals surface area (Å²) in [5, 5.41) is 5.23. The average molecular weight is 407 g/mol. The Balaban J connectivity index is 1.22. The van der Waals surface area contributed by atoms with E-state index in [-0.39, 0.29) is 17.6 Å². The van der Waals surface area contributed by atoms with Crippen molar-refractivity contribution < 1.29 is 9.53 Å². The lowest BCUT2D eigenvalue weighted by molar-refractivity contribution is 0.0141. The van der Waals surface area contributed by atoms with Gasteiger partial charge in [-0.25, -0.2) is 9.97 Å². The Bertz CT molecular complexity index is 1070. The molecule has 3 aromatic rings. The van der Waals surface area contributed by atoms with Gasteiger partial charge in [-0.05, 0) is 36.4 Å². The number of carbonyl (C=O) groups excluding carboxylic acids is 1. The van der Waals surface area contributed by atoms with Crippen LogP contribution in [0.4, 0.5) is 5.82 Å². The van der Waals surface area contributed by atoms with Gasteiger partial charge in [0.2, 0.25) is 0 Å². The van der Waals surface area contributed by atoms with Crippen molar-refractivity contribution in [2.45, 2.75) is 24.5 Å². The molecule has 0 saturated carbocycles. The van der Waals surface area contributed by atoms with Gasteiger partial charge in [0.15, 0.2) is 0 Å². The van der Waals surface area contributed by atoms with E-state index in [1.165, 1.54) is 0 Å². The summed E-state index contributed by atoms with van der Waals surface area (Å²) in [7, 11) is 0. The third-order valence-corrected chi connectivity index (χ3v) is 7.74. The minimum Gasteiger partial charge on any atom is -0.369 e. The predicted molar refractivity (Wildman–Crippen MR) is 112 cm³/mol. The number of benzene rings is 1. The minimum absolute atomic E-state index is 0.00614. The number of anilines is 1. The monoisotopic (exact) mass is 406 g/mol. The Morgan fingerprint density at radius 3 is 3.07 bits per heavy atom. The van der Waals surface area contributed by atoms with Gasteiger partial charge in [0, 0.05) is 37.0 Å². The second-order valence-electron chi connectivity index (χ2n) is 8.32. The molecule has 3 fully saturated rings. The van der Waals surface area contributed by atoms with Crippen LogP contribution >= 0.6 is 11.3 Å². The van der Waals surface area contributed by atoms with Gasteiger partial charge in [-0.15, -0.1) is 11.3 Å². The number of hydrogen-bond donors (Lipinski definition) is 1. The largest absolute Gasteiger partial charge is 0.369 e. The molecule has 3 aliphatic heterocycles. The van der Waals surface area contributed by atoms with Gasteiger partial charge in [0.1, 0.15) is 12.1 Å². The number of carbonyl (C=O) groups is 1. The van der Waals surface area contributed by atoms with Gasteiger partial charge in [0.05, 0.1) is 21.9 Å². The van der Waals surface area contributed by atoms with E-state index in [0.717, 1.165) is 42.0 Å². The molecular formula is C22H22N4O2S. The van der Waals surface area contributed by atoms with E-state index in [9.17, 15) is 4.79 Å². The molecule has 3 aliphatic rings. The summed E-state index contributed by atoms with van der Waals surface area (Å²) in [6.45, 7) is 2.46. The molecule has 4 atom stereocenters. The van der Waals surface area contributed by atoms with Gasteiger partial charge in [-0.1, -0.05) is 18.2 Å². The predicted octanol–water partition coefficient (Wildman–Crippen LogP) is 3.11. The number of nitrogens with one attached hydrogen (secondary N) is 1. The number of amides is 1. The van der Waals surface area contributed by atoms with Crippen molar-refractivity contribution in [3.63, 3.8) is 0 Å². The number of fused-ring (bicyclic) bond motifs is 2. The highest BCUT2D eigenvalue weighted by Crippen LogP contribution is 2.55. The summed E-state index contributed by atoms with van der Waals surface area (Å²) in [5.41, 5.74) is 1.62. The first-order chi connectivity index (χ1) is 14.2. The molecule has 1 N–H and O–H groups in total. The number of ether oxygens (including phenoxy) is 1. The fourth-order valence-corrected chi connectivity index (χ4v) is 6.39. The van der Waals surface area contributed by atoms with Crippen LogP contribution in [-0.2, 0) is 4.74 Å². The number of hydrogen-bond acceptors (Lipinski definition) is 6. The first kappa shape index (κ1) is 17.4. The van der Waals surface area contributed by atoms with Gasteiger partial charge in [-0.2, -0.15) is 0 Å². The maximum Gasteiger partial charge on any atom is 0.251 e. The topological polar surface area (TPSA) is 67.4 Å². The van der Waals surface area contributed by atoms with Crippen molar-refractivity contribution in [2.75, 3.05) is 24.5 Å². The van der Waals surface area contributed by atoms with E-state index >= 15 is 0 Å². The lowest BCUT2D eigenvalue weighted by Crippen LogP contribution is -2.41. The third kappa shape index (κ3) is 2.68. The van der Waals surface area contributed by atoms with Gasteiger partial charge < -0.3 is 15.0 Å². The molecule has 0 aliphatic carbocycles. The van der Waals surface area contributed by atoms with Crippen molar-refractivity contribution >= 4 is 33.3 Å². The fourth-order valence-electron chi connectivity index (χ4n) is 5.53. The molecule has 2 bridgehead atoms. The van der Waals surface area contributed by atoms with Crippen LogP contribution in [0.5, 0.6) is 0 Å². The molecule has 5 heterocycles. The van der Waals surface area contributed by atoms with E-state index in [4.69, 9.17) is 4.74 Å². The highest BCUT2D eigenvalue weighted by molar-refractivity contribution is 7.17. The SMILES string of the molecule is O=C(NC[C@H]1[C@H]2CN(c3ncnc4ccsc34)C[C@]23CC[C@H]1O3)c1ccccc1. The molecular weight excluding hydrogens is 384 g/mol. The Morgan fingerprint density at radius 1 is 1.28 bits per heavy atom. The van der Waals surface area contributed by atoms with Crippen molar-refractivity contribution in [3.05, 3.63) is 53.7 Å². The van der Waals surface area contributed by atoms with Crippen molar-refractivity contribution in [2.24, 2.45) is 11.8 Å². The molecule has 2 aromatic heterocycles. The zero-order valence-electron chi connectivity index (χ0n) is 16.0. The molecule has 6 rings (SSSR count). The molecule has 1 spiro atoms. The maximum atomic E-state index is 12.5. The standard InChI is InChI=1S/C22H22N4O2S/c27-21(14-4-2-1-3-5-14)23-10-15-16-11-26(12-22(16)8-6-18(15)28-22)20-19-17(7-9-29-19)24-13-25-20/h1-5,7,9,13,15-16,18H,6,8,10-12H2,(H,23,27)/t15-,16+,18+,22+/m0/s1. The molecule has 148 valence electrons. The lowest BCUT2D eigenvalue weighted by atomic mass is 9.73. The first-order valence-corrected chi connectivity index (χ1v) is 11.1. The highest BCUT2D eigenvalue weighted by atomic mass is 32.1. The van der Waals surface area contributed by atoms with E-state index in [2.05, 4.69) is 25.6 Å². The summed E-state index contributed by atoms with van der Waals surface area (Å²) in [6, 6.07) is 11.5. The zero-order valence-corrected chi connectivity index (χ0v) is 16.8. The number of nitrogens with zero attached hydrogens (tertiary/aromatic N) is 3. The van der Waals surface area contributed by atoms with Crippen LogP contribution in [-0.4, -0.2) is 47.2 Å². The van der Waals surface area contributed by atoms with E-state index < -0.39 is 0 Å². The van der Waals surface area contributed by atoms with Gasteiger partial charge >= 0.3 is 0 Å². The molecule has 29 heavy (non-hydrogen) atoms. The molecule has 3 saturated heterocycles. The lowest BCUT2D eigenvalue weighted by Gasteiger charge is -2.29. The Labute approximate surface area is 172 Å². The van der Waals surface area contributed by atoms with Gasteiger partial charge in [0.25, 0.3) is 5.91 Å². The second kappa shape index (κ2) is 6.50. The fraction of sp³-hybridized carbons (Fsp3) is 0.409. The highest BCUT2D eigenvalue weighted by Gasteiger charge is 2.63. The van der Waals surface area contributed by atoms with Crippen LogP contribution in [0, 0.1) is 11.8 Å². The smallest absolute Gasteiger partial charge is 0.251 e. The van der Waals surface area contributed by atoms with Crippen LogP contribution in [0.3, 0.4) is 0 Å². The molecule has 7 heteroatoms. The molecule has 0 radical (unpaired) electrons. The summed E-state index contributed by atoms with van der Waals surface area (Å²) >= 11 is 1.69. The normalized spacial score (nSPS) is 30.1. The van der Waals surface area contributed by atoms with Crippen LogP contribution in [0.2, 0.25) is 0 Å². The van der Waals surface area contributed by atoms with Crippen LogP contribution in [0.1, 0.15) is 23.2 Å². The second-order valence-corrected chi connectivity index (χ2v) is 9.24. The Kier molecular flexibility index (Phi) is 3.89. The minimum atomic E-state index is -0.0959. The van der Waals surface area contributed by atoms with E-state index in [1.807, 2.05) is 36.4 Å². The van der Waals surface area contributed by atoms with Gasteiger partial charge in [-0.3, -0.25) is 4.79 Å². The summed E-state index contributed by atoms with van der Waals surface area (Å²) in [5.74, 6) is 1.78. The molecule has 1 aromatic carbocycles. The van der Waals surface area contributed by atoms with Crippen LogP contribution in [0.25, 0.3) is 10.2 Å². The molecule has 0 unspecified atom stereocenters. The summed E-state index contributed by atoms with van der Waals surface area (Å²) in [4.78, 5) is 23.9. The van der Waals surface area contributed by atoms with Crippen molar-refractivity contribution in [1.29, 1.82) is 0 Å². The average Bonchev–Trinajstić information content (AvgIpc) is 3.52. The van der Waals surface area contributed by atoms with E-state index in [0.29, 0.717) is 23.9 Å². The number of thiophene rings is 1. The third-order valence-electron chi connectivity index (χ3n) is 6.84. The Hall–Kier alpha value is -2.51. The van der Waals surface area contributed by atoms with Crippen molar-refractivity contribution in [3.8, 4) is 0 Å². The zero-order chi connectivity index (χ0) is 19.4. The molecule has 1 amide bonds. The van der Waals surface area contributed by atoms with Crippen LogP contribution in [0.15, 0.2) is 48.1 Å². The quantitative estimate of drug-likeness (QED) is 0.721. The van der Waals surface area contributed by atoms with Crippen molar-refractivity contribution in [1.82, 2.24) is 15.3 Å². The molecule has 6 nitrogen and oxygen atoms in total. The van der Waals surface area contributed by atoms with E-state index in [1.54, 1.807) is 17.7 Å². The summed E-state index contributed by atoms with van der Waals surface area (Å²) in [6.07, 6.45) is 4.09.